The van der Waals surface area contributed by atoms with Crippen molar-refractivity contribution < 1.29 is 9.21 Å². The number of benzene rings is 2. The number of amides is 1. The Hall–Kier alpha value is -3.62. The van der Waals surface area contributed by atoms with Gasteiger partial charge < -0.3 is 4.42 Å². The average molecular weight is 478 g/mol. The van der Waals surface area contributed by atoms with Crippen LogP contribution in [0.2, 0.25) is 5.02 Å². The lowest BCUT2D eigenvalue weighted by molar-refractivity contribution is -0.118. The van der Waals surface area contributed by atoms with Crippen molar-refractivity contribution in [1.82, 2.24) is 20.2 Å². The molecule has 9 heteroatoms. The quantitative estimate of drug-likeness (QED) is 0.209. The van der Waals surface area contributed by atoms with E-state index in [1.54, 1.807) is 24.5 Å². The van der Waals surface area contributed by atoms with Gasteiger partial charge >= 0.3 is 0 Å². The molecule has 2 aromatic heterocycles. The van der Waals surface area contributed by atoms with Crippen LogP contribution >= 0.6 is 23.4 Å². The molecule has 0 spiro atoms. The first kappa shape index (κ1) is 22.6. The number of aryl methyl sites for hydroxylation is 1. The normalized spacial score (nSPS) is 11.5. The summed E-state index contributed by atoms with van der Waals surface area (Å²) >= 11 is 7.34. The number of furan rings is 1. The molecule has 1 amide bonds. The van der Waals surface area contributed by atoms with Crippen molar-refractivity contribution in [3.05, 3.63) is 89.3 Å². The van der Waals surface area contributed by atoms with E-state index >= 15 is 0 Å². The highest BCUT2D eigenvalue weighted by Gasteiger charge is 2.17. The van der Waals surface area contributed by atoms with Crippen LogP contribution in [0.5, 0.6) is 0 Å². The van der Waals surface area contributed by atoms with E-state index in [9.17, 15) is 4.79 Å². The molecule has 0 saturated carbocycles. The molecule has 0 unspecified atom stereocenters. The lowest BCUT2D eigenvalue weighted by atomic mass is 10.1. The topological polar surface area (TPSA) is 85.3 Å². The van der Waals surface area contributed by atoms with E-state index in [2.05, 4.69) is 20.7 Å². The number of rotatable bonds is 8. The highest BCUT2D eigenvalue weighted by Crippen LogP contribution is 2.28. The van der Waals surface area contributed by atoms with E-state index in [1.165, 1.54) is 18.0 Å². The fraction of sp³-hybridized carbons (Fsp3) is 0.0833. The molecule has 0 aliphatic carbocycles. The van der Waals surface area contributed by atoms with Crippen LogP contribution in [0.15, 0.2) is 87.7 Å². The number of hydrazone groups is 1. The molecule has 4 aromatic rings. The predicted molar refractivity (Wildman–Crippen MR) is 132 cm³/mol. The number of carbonyl (C=O) groups excluding carboxylic acids is 1. The minimum Gasteiger partial charge on any atom is -0.465 e. The lowest BCUT2D eigenvalue weighted by Gasteiger charge is -2.10. The minimum atomic E-state index is -0.259. The molecule has 0 bridgehead atoms. The van der Waals surface area contributed by atoms with Crippen LogP contribution in [0.3, 0.4) is 0 Å². The average Bonchev–Trinajstić information content (AvgIpc) is 3.49. The number of hydrogen-bond acceptors (Lipinski definition) is 6. The Kier molecular flexibility index (Phi) is 7.39. The van der Waals surface area contributed by atoms with Crippen LogP contribution in [-0.4, -0.2) is 32.6 Å². The van der Waals surface area contributed by atoms with Crippen LogP contribution in [0, 0.1) is 6.92 Å². The molecule has 7 nitrogen and oxygen atoms in total. The third kappa shape index (κ3) is 6.00. The van der Waals surface area contributed by atoms with Crippen molar-refractivity contribution in [3.63, 3.8) is 0 Å². The zero-order valence-corrected chi connectivity index (χ0v) is 19.3. The summed E-state index contributed by atoms with van der Waals surface area (Å²) in [6.45, 7) is 2.03. The van der Waals surface area contributed by atoms with Crippen LogP contribution in [0.4, 0.5) is 0 Å². The van der Waals surface area contributed by atoms with Gasteiger partial charge in [0.2, 0.25) is 0 Å². The molecule has 0 atom stereocenters. The monoisotopic (exact) mass is 477 g/mol. The van der Waals surface area contributed by atoms with Gasteiger partial charge in [0.1, 0.15) is 5.76 Å². The second kappa shape index (κ2) is 10.8. The Morgan fingerprint density at radius 1 is 1.15 bits per heavy atom. The summed E-state index contributed by atoms with van der Waals surface area (Å²) in [6.07, 6.45) is 6.49. The van der Waals surface area contributed by atoms with Gasteiger partial charge in [0.15, 0.2) is 11.0 Å². The fourth-order valence-electron chi connectivity index (χ4n) is 2.91. The molecule has 0 saturated heterocycles. The molecule has 2 heterocycles. The third-order valence-electron chi connectivity index (χ3n) is 4.51. The number of aromatic nitrogens is 3. The first-order valence-corrected chi connectivity index (χ1v) is 11.4. The molecule has 1 N–H and O–H groups in total. The first-order valence-electron chi connectivity index (χ1n) is 10.0. The van der Waals surface area contributed by atoms with E-state index in [1.807, 2.05) is 66.1 Å². The number of nitrogens with zero attached hydrogens (tertiary/aromatic N) is 4. The predicted octanol–water partition coefficient (Wildman–Crippen LogP) is 5.40. The molecule has 0 fully saturated rings. The Morgan fingerprint density at radius 2 is 1.94 bits per heavy atom. The van der Waals surface area contributed by atoms with Gasteiger partial charge in [0, 0.05) is 22.5 Å². The molecule has 4 rings (SSSR count). The van der Waals surface area contributed by atoms with Crippen molar-refractivity contribution in [2.24, 2.45) is 5.10 Å². The Labute approximate surface area is 200 Å². The van der Waals surface area contributed by atoms with Gasteiger partial charge in [0.25, 0.3) is 5.91 Å². The highest BCUT2D eigenvalue weighted by molar-refractivity contribution is 7.99. The molecule has 166 valence electrons. The van der Waals surface area contributed by atoms with Gasteiger partial charge in [-0.05, 0) is 55.5 Å². The summed E-state index contributed by atoms with van der Waals surface area (Å²) in [6, 6.07) is 19.1. The summed E-state index contributed by atoms with van der Waals surface area (Å²) < 4.78 is 7.09. The zero-order valence-electron chi connectivity index (χ0n) is 17.7. The summed E-state index contributed by atoms with van der Waals surface area (Å²) in [5.41, 5.74) is 5.43. The maximum absolute atomic E-state index is 12.3. The molecule has 0 aliphatic rings. The second-order valence-electron chi connectivity index (χ2n) is 6.96. The fourth-order valence-corrected chi connectivity index (χ4v) is 3.78. The molecular formula is C24H20ClN5O2S. The van der Waals surface area contributed by atoms with Crippen LogP contribution < -0.4 is 5.43 Å². The highest BCUT2D eigenvalue weighted by atomic mass is 35.5. The molecule has 0 radical (unpaired) electrons. The van der Waals surface area contributed by atoms with E-state index in [0.717, 1.165) is 16.8 Å². The van der Waals surface area contributed by atoms with Gasteiger partial charge in [-0.2, -0.15) is 5.10 Å². The zero-order chi connectivity index (χ0) is 23.0. The summed E-state index contributed by atoms with van der Waals surface area (Å²) in [7, 11) is 0. The number of allylic oxidation sites excluding steroid dienone is 1. The Morgan fingerprint density at radius 3 is 2.67 bits per heavy atom. The third-order valence-corrected chi connectivity index (χ3v) is 5.69. The van der Waals surface area contributed by atoms with E-state index in [0.29, 0.717) is 21.8 Å². The van der Waals surface area contributed by atoms with Crippen LogP contribution in [0.25, 0.3) is 23.2 Å². The van der Waals surface area contributed by atoms with Crippen LogP contribution in [-0.2, 0) is 4.79 Å². The van der Waals surface area contributed by atoms with Crippen molar-refractivity contribution in [1.29, 1.82) is 0 Å². The maximum Gasteiger partial charge on any atom is 0.250 e. The molecule has 0 aliphatic heterocycles. The lowest BCUT2D eigenvalue weighted by Crippen LogP contribution is -2.19. The SMILES string of the molecule is Cc1ccc(-c2nnc(SCC(=O)N/N=C/C=C/c3ccco3)n2-c2ccc(Cl)cc2)cc1. The van der Waals surface area contributed by atoms with Crippen molar-refractivity contribution >= 4 is 41.6 Å². The van der Waals surface area contributed by atoms with E-state index < -0.39 is 0 Å². The number of carbonyl (C=O) groups is 1. The number of hydrogen-bond donors (Lipinski definition) is 1. The Bertz CT molecular complexity index is 1260. The van der Waals surface area contributed by atoms with Gasteiger partial charge in [-0.25, -0.2) is 5.43 Å². The maximum atomic E-state index is 12.3. The standard InChI is InChI=1S/C24H20ClN5O2S/c1-17-6-8-18(9-7-17)23-28-29-24(30(23)20-12-10-19(25)11-13-20)33-16-22(31)27-26-14-2-4-21-5-3-15-32-21/h2-15H,16H2,1H3,(H,27,31)/b4-2+,26-14+. The van der Waals surface area contributed by atoms with Crippen molar-refractivity contribution in [2.45, 2.75) is 12.1 Å². The summed E-state index contributed by atoms with van der Waals surface area (Å²) in [5.74, 6) is 1.25. The summed E-state index contributed by atoms with van der Waals surface area (Å²) in [4.78, 5) is 12.3. The number of nitrogens with one attached hydrogen (secondary N) is 1. The molecule has 33 heavy (non-hydrogen) atoms. The summed E-state index contributed by atoms with van der Waals surface area (Å²) in [5, 5.41) is 13.8. The van der Waals surface area contributed by atoms with Crippen molar-refractivity contribution in [2.75, 3.05) is 5.75 Å². The second-order valence-corrected chi connectivity index (χ2v) is 8.34. The Balaban J connectivity index is 1.47. The van der Waals surface area contributed by atoms with Crippen molar-refractivity contribution in [3.8, 4) is 17.1 Å². The van der Waals surface area contributed by atoms with Gasteiger partial charge in [-0.15, -0.1) is 10.2 Å². The number of thioether (sulfide) groups is 1. The number of halogens is 1. The smallest absolute Gasteiger partial charge is 0.250 e. The largest absolute Gasteiger partial charge is 0.465 e. The van der Waals surface area contributed by atoms with Gasteiger partial charge in [0.05, 0.1) is 12.0 Å². The molecule has 2 aromatic carbocycles. The van der Waals surface area contributed by atoms with Crippen LogP contribution in [0.1, 0.15) is 11.3 Å². The molecular weight excluding hydrogens is 458 g/mol. The van der Waals surface area contributed by atoms with E-state index in [-0.39, 0.29) is 11.7 Å². The first-order chi connectivity index (χ1) is 16.1. The van der Waals surface area contributed by atoms with Gasteiger partial charge in [-0.1, -0.05) is 53.2 Å². The minimum absolute atomic E-state index is 0.124. The van der Waals surface area contributed by atoms with E-state index in [4.69, 9.17) is 16.0 Å². The van der Waals surface area contributed by atoms with Gasteiger partial charge in [-0.3, -0.25) is 9.36 Å².